The van der Waals surface area contributed by atoms with Gasteiger partial charge in [0.25, 0.3) is 11.4 Å². The van der Waals surface area contributed by atoms with Crippen LogP contribution in [0.3, 0.4) is 0 Å². The fourth-order valence-electron chi connectivity index (χ4n) is 1.30. The van der Waals surface area contributed by atoms with Crippen molar-refractivity contribution >= 4 is 18.7 Å². The van der Waals surface area contributed by atoms with E-state index in [2.05, 4.69) is 9.97 Å². The Balaban J connectivity index is 2.30. The van der Waals surface area contributed by atoms with Crippen LogP contribution in [0.2, 0.25) is 0 Å². The molecule has 2 rings (SSSR count). The smallest absolute Gasteiger partial charge is 0.247 e. The average molecular weight is 199 g/mol. The van der Waals surface area contributed by atoms with E-state index < -0.39 is 0 Å². The summed E-state index contributed by atoms with van der Waals surface area (Å²) in [6, 6.07) is 3.80. The molecule has 0 aliphatic heterocycles. The van der Waals surface area contributed by atoms with Gasteiger partial charge in [-0.05, 0) is 0 Å². The molecule has 0 saturated heterocycles. The number of hydrogen-bond donors (Lipinski definition) is 0. The van der Waals surface area contributed by atoms with Crippen LogP contribution in [-0.2, 0) is 14.1 Å². The molecule has 0 N–H and O–H groups in total. The summed E-state index contributed by atoms with van der Waals surface area (Å²) in [5, 5.41) is 0. The van der Waals surface area contributed by atoms with Crippen molar-refractivity contribution in [2.75, 3.05) is 0 Å². The Morgan fingerprint density at radius 2 is 1.40 bits per heavy atom. The SMILES string of the molecule is C[n+]1cccnc1[B]c1nccc[n+]1C. The number of aryl methyl sites for hydroxylation is 2. The second kappa shape index (κ2) is 4.17. The lowest BCUT2D eigenvalue weighted by atomic mass is 9.75. The lowest BCUT2D eigenvalue weighted by Crippen LogP contribution is -2.61. The number of hydrogen-bond acceptors (Lipinski definition) is 2. The summed E-state index contributed by atoms with van der Waals surface area (Å²) in [5.74, 6) is 0. The average Bonchev–Trinajstić information content (AvgIpc) is 2.24. The summed E-state index contributed by atoms with van der Waals surface area (Å²) in [6.07, 6.45) is 7.47. The molecule has 0 saturated carbocycles. The highest BCUT2D eigenvalue weighted by Crippen LogP contribution is 1.69. The van der Waals surface area contributed by atoms with Crippen molar-refractivity contribution in [3.8, 4) is 0 Å². The van der Waals surface area contributed by atoms with Crippen LogP contribution < -0.4 is 20.6 Å². The quantitative estimate of drug-likeness (QED) is 0.405. The molecule has 0 bridgehead atoms. The monoisotopic (exact) mass is 199 g/mol. The van der Waals surface area contributed by atoms with Crippen LogP contribution in [0, 0.1) is 0 Å². The molecule has 5 heteroatoms. The second-order valence-corrected chi connectivity index (χ2v) is 3.32. The summed E-state index contributed by atoms with van der Waals surface area (Å²) < 4.78 is 3.91. The zero-order chi connectivity index (χ0) is 10.7. The van der Waals surface area contributed by atoms with Gasteiger partial charge in [-0.1, -0.05) is 9.97 Å². The van der Waals surface area contributed by atoms with Crippen LogP contribution in [-0.4, -0.2) is 17.2 Å². The molecule has 1 radical (unpaired) electrons. The normalized spacial score (nSPS) is 10.0. The van der Waals surface area contributed by atoms with Gasteiger partial charge < -0.3 is 0 Å². The molecular weight excluding hydrogens is 187 g/mol. The number of aromatic nitrogens is 4. The molecule has 0 aliphatic carbocycles. The predicted molar refractivity (Wildman–Crippen MR) is 55.8 cm³/mol. The van der Waals surface area contributed by atoms with Crippen molar-refractivity contribution in [2.45, 2.75) is 0 Å². The van der Waals surface area contributed by atoms with E-state index in [-0.39, 0.29) is 0 Å². The Kier molecular flexibility index (Phi) is 2.71. The van der Waals surface area contributed by atoms with E-state index in [1.165, 1.54) is 0 Å². The first kappa shape index (κ1) is 9.77. The van der Waals surface area contributed by atoms with Crippen molar-refractivity contribution in [2.24, 2.45) is 14.1 Å². The van der Waals surface area contributed by atoms with E-state index in [0.717, 1.165) is 11.4 Å². The van der Waals surface area contributed by atoms with E-state index >= 15 is 0 Å². The third-order valence-electron chi connectivity index (χ3n) is 2.19. The third kappa shape index (κ3) is 2.18. The summed E-state index contributed by atoms with van der Waals surface area (Å²) in [5.41, 5.74) is 1.76. The van der Waals surface area contributed by atoms with Gasteiger partial charge in [0.1, 0.15) is 12.4 Å². The molecule has 73 valence electrons. The minimum atomic E-state index is 0.881. The molecule has 0 unspecified atom stereocenters. The van der Waals surface area contributed by atoms with Gasteiger partial charge in [0.15, 0.2) is 0 Å². The lowest BCUT2D eigenvalue weighted by molar-refractivity contribution is -0.660. The number of nitrogens with zero attached hydrogens (tertiary/aromatic N) is 4. The highest BCUT2D eigenvalue weighted by Gasteiger charge is 2.20. The maximum Gasteiger partial charge on any atom is 0.429 e. The summed E-state index contributed by atoms with van der Waals surface area (Å²) in [6.45, 7) is 0. The molecule has 2 aromatic rings. The maximum absolute atomic E-state index is 4.27. The summed E-state index contributed by atoms with van der Waals surface area (Å²) in [4.78, 5) is 8.54. The molecular formula is C10H12BN4+2. The molecule has 0 spiro atoms. The van der Waals surface area contributed by atoms with Crippen molar-refractivity contribution < 1.29 is 9.13 Å². The van der Waals surface area contributed by atoms with Gasteiger partial charge >= 0.3 is 7.28 Å². The van der Waals surface area contributed by atoms with E-state index in [0.29, 0.717) is 0 Å². The Labute approximate surface area is 89.5 Å². The Hall–Kier alpha value is -1.78. The first-order chi connectivity index (χ1) is 7.27. The van der Waals surface area contributed by atoms with E-state index in [1.54, 1.807) is 12.4 Å². The molecule has 0 amide bonds. The maximum atomic E-state index is 4.27. The standard InChI is InChI=1S/C10H12BN4/c1-14-7-3-5-12-9(14)11-10-13-6-4-8-15(10)2/h3-8H,1-2H3/q+2. The van der Waals surface area contributed by atoms with Crippen molar-refractivity contribution in [3.05, 3.63) is 36.9 Å². The second-order valence-electron chi connectivity index (χ2n) is 3.32. The number of rotatable bonds is 2. The van der Waals surface area contributed by atoms with Crippen molar-refractivity contribution in [1.29, 1.82) is 0 Å². The van der Waals surface area contributed by atoms with Gasteiger partial charge in [0, 0.05) is 12.1 Å². The third-order valence-corrected chi connectivity index (χ3v) is 2.19. The van der Waals surface area contributed by atoms with Gasteiger partial charge in [0.05, 0.1) is 26.5 Å². The first-order valence-corrected chi connectivity index (χ1v) is 4.73. The van der Waals surface area contributed by atoms with Crippen LogP contribution in [0.15, 0.2) is 36.9 Å². The fraction of sp³-hybridized carbons (Fsp3) is 0.200. The molecule has 4 nitrogen and oxygen atoms in total. The molecule has 0 aliphatic rings. The molecule has 2 heterocycles. The van der Waals surface area contributed by atoms with Crippen LogP contribution in [0.5, 0.6) is 0 Å². The predicted octanol–water partition coefficient (Wildman–Crippen LogP) is -2.22. The van der Waals surface area contributed by atoms with E-state index in [4.69, 9.17) is 0 Å². The first-order valence-electron chi connectivity index (χ1n) is 4.73. The van der Waals surface area contributed by atoms with Crippen molar-refractivity contribution in [3.63, 3.8) is 0 Å². The fourth-order valence-corrected chi connectivity index (χ4v) is 1.30. The topological polar surface area (TPSA) is 33.5 Å². The minimum Gasteiger partial charge on any atom is -0.247 e. The molecule has 15 heavy (non-hydrogen) atoms. The Morgan fingerprint density at radius 1 is 0.933 bits per heavy atom. The summed E-state index contributed by atoms with van der Waals surface area (Å²) in [7, 11) is 5.86. The highest BCUT2D eigenvalue weighted by molar-refractivity contribution is 6.62. The summed E-state index contributed by atoms with van der Waals surface area (Å²) >= 11 is 0. The lowest BCUT2D eigenvalue weighted by Gasteiger charge is -1.95. The van der Waals surface area contributed by atoms with Gasteiger partial charge in [-0.3, -0.25) is 0 Å². The minimum absolute atomic E-state index is 0.881. The van der Waals surface area contributed by atoms with Gasteiger partial charge in [-0.25, -0.2) is 9.13 Å². The zero-order valence-electron chi connectivity index (χ0n) is 8.83. The Morgan fingerprint density at radius 3 is 1.80 bits per heavy atom. The largest absolute Gasteiger partial charge is 0.429 e. The van der Waals surface area contributed by atoms with E-state index in [9.17, 15) is 0 Å². The molecule has 2 aromatic heterocycles. The van der Waals surface area contributed by atoms with Gasteiger partial charge in [-0.15, -0.1) is 0 Å². The van der Waals surface area contributed by atoms with Gasteiger partial charge in [-0.2, -0.15) is 0 Å². The molecule has 0 atom stereocenters. The molecule has 0 fully saturated rings. The van der Waals surface area contributed by atoms with Crippen LogP contribution in [0.4, 0.5) is 0 Å². The highest BCUT2D eigenvalue weighted by atomic mass is 15.0. The molecule has 0 aromatic carbocycles. The zero-order valence-corrected chi connectivity index (χ0v) is 8.83. The van der Waals surface area contributed by atoms with Crippen LogP contribution in [0.1, 0.15) is 0 Å². The Bertz CT molecular complexity index is 429. The van der Waals surface area contributed by atoms with Crippen LogP contribution in [0.25, 0.3) is 0 Å². The van der Waals surface area contributed by atoms with Crippen molar-refractivity contribution in [1.82, 2.24) is 9.97 Å². The van der Waals surface area contributed by atoms with Gasteiger partial charge in [0.2, 0.25) is 0 Å². The van der Waals surface area contributed by atoms with Crippen LogP contribution >= 0.6 is 0 Å². The van der Waals surface area contributed by atoms with E-state index in [1.807, 2.05) is 55.0 Å².